The minimum absolute atomic E-state index is 0.377. The second-order valence-corrected chi connectivity index (χ2v) is 4.12. The van der Waals surface area contributed by atoms with Gasteiger partial charge in [0.05, 0.1) is 6.26 Å². The van der Waals surface area contributed by atoms with Crippen LogP contribution in [0.1, 0.15) is 32.1 Å². The van der Waals surface area contributed by atoms with Gasteiger partial charge in [0.2, 0.25) is 0 Å². The molecule has 0 spiro atoms. The summed E-state index contributed by atoms with van der Waals surface area (Å²) < 4.78 is 5.50. The van der Waals surface area contributed by atoms with Crippen molar-refractivity contribution >= 4 is 0 Å². The van der Waals surface area contributed by atoms with Crippen LogP contribution in [0, 0.1) is 0 Å². The SMILES string of the molecule is C1=COC(CNN2CCCCC2)CC1. The third kappa shape index (κ3) is 3.00. The van der Waals surface area contributed by atoms with Gasteiger partial charge in [0, 0.05) is 19.6 Å². The fraction of sp³-hybridized carbons (Fsp3) is 0.818. The number of hydrazine groups is 1. The second-order valence-electron chi connectivity index (χ2n) is 4.12. The molecule has 3 nitrogen and oxygen atoms in total. The molecule has 1 atom stereocenters. The van der Waals surface area contributed by atoms with Crippen LogP contribution < -0.4 is 5.43 Å². The first-order valence-electron chi connectivity index (χ1n) is 5.74. The Morgan fingerprint density at radius 3 is 2.86 bits per heavy atom. The molecule has 1 unspecified atom stereocenters. The van der Waals surface area contributed by atoms with Crippen LogP contribution in [0.5, 0.6) is 0 Å². The Labute approximate surface area is 86.1 Å². The predicted molar refractivity (Wildman–Crippen MR) is 56.7 cm³/mol. The van der Waals surface area contributed by atoms with Crippen LogP contribution >= 0.6 is 0 Å². The van der Waals surface area contributed by atoms with Gasteiger partial charge in [0.25, 0.3) is 0 Å². The maximum Gasteiger partial charge on any atom is 0.112 e. The lowest BCUT2D eigenvalue weighted by atomic mass is 10.1. The van der Waals surface area contributed by atoms with E-state index in [1.165, 1.54) is 32.4 Å². The average Bonchev–Trinajstić information content (AvgIpc) is 2.29. The zero-order chi connectivity index (χ0) is 9.64. The first-order valence-corrected chi connectivity index (χ1v) is 5.74. The Morgan fingerprint density at radius 1 is 1.29 bits per heavy atom. The smallest absolute Gasteiger partial charge is 0.112 e. The topological polar surface area (TPSA) is 24.5 Å². The van der Waals surface area contributed by atoms with Crippen molar-refractivity contribution in [2.24, 2.45) is 0 Å². The normalized spacial score (nSPS) is 28.7. The molecule has 2 aliphatic rings. The number of hydrogen-bond donors (Lipinski definition) is 1. The first-order chi connectivity index (χ1) is 6.95. The van der Waals surface area contributed by atoms with E-state index in [2.05, 4.69) is 16.5 Å². The van der Waals surface area contributed by atoms with Crippen molar-refractivity contribution in [1.29, 1.82) is 0 Å². The minimum Gasteiger partial charge on any atom is -0.497 e. The van der Waals surface area contributed by atoms with E-state index in [0.717, 1.165) is 19.4 Å². The largest absolute Gasteiger partial charge is 0.497 e. The van der Waals surface area contributed by atoms with Gasteiger partial charge in [-0.05, 0) is 31.8 Å². The van der Waals surface area contributed by atoms with Gasteiger partial charge in [-0.3, -0.25) is 5.43 Å². The van der Waals surface area contributed by atoms with E-state index in [0.29, 0.717) is 6.10 Å². The van der Waals surface area contributed by atoms with Gasteiger partial charge in [-0.15, -0.1) is 0 Å². The van der Waals surface area contributed by atoms with Crippen molar-refractivity contribution in [2.45, 2.75) is 38.2 Å². The van der Waals surface area contributed by atoms with Gasteiger partial charge in [-0.1, -0.05) is 6.42 Å². The molecule has 0 aromatic rings. The molecule has 80 valence electrons. The van der Waals surface area contributed by atoms with Crippen LogP contribution in [0.15, 0.2) is 12.3 Å². The zero-order valence-corrected chi connectivity index (χ0v) is 8.74. The van der Waals surface area contributed by atoms with Crippen LogP contribution in [0.2, 0.25) is 0 Å². The quantitative estimate of drug-likeness (QED) is 0.743. The van der Waals surface area contributed by atoms with Crippen LogP contribution in [0.3, 0.4) is 0 Å². The summed E-state index contributed by atoms with van der Waals surface area (Å²) >= 11 is 0. The van der Waals surface area contributed by atoms with Gasteiger partial charge < -0.3 is 4.74 Å². The van der Waals surface area contributed by atoms with E-state index in [-0.39, 0.29) is 0 Å². The first kappa shape index (κ1) is 9.99. The third-order valence-electron chi connectivity index (χ3n) is 2.92. The molecule has 1 fully saturated rings. The monoisotopic (exact) mass is 196 g/mol. The zero-order valence-electron chi connectivity index (χ0n) is 8.74. The van der Waals surface area contributed by atoms with Crippen molar-refractivity contribution in [1.82, 2.24) is 10.4 Å². The highest BCUT2D eigenvalue weighted by Gasteiger charge is 2.14. The lowest BCUT2D eigenvalue weighted by Gasteiger charge is -2.29. The van der Waals surface area contributed by atoms with Crippen molar-refractivity contribution in [3.8, 4) is 0 Å². The molecule has 0 bridgehead atoms. The molecule has 0 aliphatic carbocycles. The van der Waals surface area contributed by atoms with Crippen LogP contribution in [-0.2, 0) is 4.74 Å². The summed E-state index contributed by atoms with van der Waals surface area (Å²) in [5.74, 6) is 0. The number of nitrogens with zero attached hydrogens (tertiary/aromatic N) is 1. The highest BCUT2D eigenvalue weighted by Crippen LogP contribution is 2.10. The van der Waals surface area contributed by atoms with E-state index >= 15 is 0 Å². The highest BCUT2D eigenvalue weighted by molar-refractivity contribution is 4.82. The summed E-state index contributed by atoms with van der Waals surface area (Å²) in [7, 11) is 0. The van der Waals surface area contributed by atoms with E-state index in [4.69, 9.17) is 4.74 Å². The maximum atomic E-state index is 5.50. The van der Waals surface area contributed by atoms with E-state index in [1.807, 2.05) is 6.26 Å². The molecule has 0 saturated carbocycles. The number of ether oxygens (including phenoxy) is 1. The van der Waals surface area contributed by atoms with E-state index < -0.39 is 0 Å². The Kier molecular flexibility index (Phi) is 3.83. The van der Waals surface area contributed by atoms with Gasteiger partial charge in [0.15, 0.2) is 0 Å². The van der Waals surface area contributed by atoms with Crippen molar-refractivity contribution in [3.05, 3.63) is 12.3 Å². The van der Waals surface area contributed by atoms with Gasteiger partial charge in [-0.25, -0.2) is 5.01 Å². The Balaban J connectivity index is 1.63. The molecule has 2 aliphatic heterocycles. The molecule has 3 heteroatoms. The molecular formula is C11H20N2O. The molecule has 1 saturated heterocycles. The lowest BCUT2D eigenvalue weighted by molar-refractivity contribution is 0.0768. The van der Waals surface area contributed by atoms with Crippen LogP contribution in [0.4, 0.5) is 0 Å². The number of nitrogens with one attached hydrogen (secondary N) is 1. The molecular weight excluding hydrogens is 176 g/mol. The van der Waals surface area contributed by atoms with Crippen molar-refractivity contribution in [3.63, 3.8) is 0 Å². The summed E-state index contributed by atoms with van der Waals surface area (Å²) in [5, 5.41) is 2.34. The second kappa shape index (κ2) is 5.37. The molecule has 0 aromatic heterocycles. The maximum absolute atomic E-state index is 5.50. The Bertz CT molecular complexity index is 188. The minimum atomic E-state index is 0.377. The third-order valence-corrected chi connectivity index (χ3v) is 2.92. The average molecular weight is 196 g/mol. The highest BCUT2D eigenvalue weighted by atomic mass is 16.5. The number of hydrogen-bond acceptors (Lipinski definition) is 3. The molecule has 0 radical (unpaired) electrons. The molecule has 0 aromatic carbocycles. The fourth-order valence-corrected chi connectivity index (χ4v) is 2.02. The van der Waals surface area contributed by atoms with Crippen molar-refractivity contribution < 1.29 is 4.74 Å². The number of allylic oxidation sites excluding steroid dienone is 1. The van der Waals surface area contributed by atoms with Gasteiger partial charge in [0.1, 0.15) is 6.10 Å². The molecule has 14 heavy (non-hydrogen) atoms. The number of rotatable bonds is 3. The Hall–Kier alpha value is -0.540. The van der Waals surface area contributed by atoms with Gasteiger partial charge >= 0.3 is 0 Å². The number of piperidine rings is 1. The van der Waals surface area contributed by atoms with Crippen LogP contribution in [0.25, 0.3) is 0 Å². The molecule has 2 rings (SSSR count). The summed E-state index contributed by atoms with van der Waals surface area (Å²) in [6.07, 6.45) is 10.7. The lowest BCUT2D eigenvalue weighted by Crippen LogP contribution is -2.45. The standard InChI is InChI=1S/C11H20N2O/c1-3-7-13(8-4-1)12-10-11-6-2-5-9-14-11/h5,9,11-12H,1-4,6-8,10H2. The summed E-state index contributed by atoms with van der Waals surface area (Å²) in [4.78, 5) is 0. The molecule has 1 N–H and O–H groups in total. The molecule has 0 amide bonds. The van der Waals surface area contributed by atoms with E-state index in [9.17, 15) is 0 Å². The predicted octanol–water partition coefficient (Wildman–Crippen LogP) is 1.67. The van der Waals surface area contributed by atoms with E-state index in [1.54, 1.807) is 0 Å². The molecule has 2 heterocycles. The summed E-state index contributed by atoms with van der Waals surface area (Å²) in [6.45, 7) is 3.36. The van der Waals surface area contributed by atoms with Gasteiger partial charge in [-0.2, -0.15) is 0 Å². The fourth-order valence-electron chi connectivity index (χ4n) is 2.02. The summed E-state index contributed by atoms with van der Waals surface area (Å²) in [5.41, 5.74) is 3.47. The van der Waals surface area contributed by atoms with Crippen LogP contribution in [-0.4, -0.2) is 30.7 Å². The summed E-state index contributed by atoms with van der Waals surface area (Å²) in [6, 6.07) is 0. The Morgan fingerprint density at radius 2 is 2.14 bits per heavy atom. The van der Waals surface area contributed by atoms with Crippen molar-refractivity contribution in [2.75, 3.05) is 19.6 Å².